The maximum absolute atomic E-state index is 5.62. The quantitative estimate of drug-likeness (QED) is 0.799. The van der Waals surface area contributed by atoms with Gasteiger partial charge in [-0.2, -0.15) is 0 Å². The van der Waals surface area contributed by atoms with E-state index in [1.165, 1.54) is 24.8 Å². The van der Waals surface area contributed by atoms with Crippen molar-refractivity contribution < 1.29 is 4.74 Å². The summed E-state index contributed by atoms with van der Waals surface area (Å²) in [6, 6.07) is 11.3. The van der Waals surface area contributed by atoms with Crippen molar-refractivity contribution in [1.82, 2.24) is 5.32 Å². The molecule has 1 fully saturated rings. The predicted octanol–water partition coefficient (Wildman–Crippen LogP) is 3.17. The lowest BCUT2D eigenvalue weighted by Gasteiger charge is -2.15. The first kappa shape index (κ1) is 13.6. The molecule has 1 aliphatic rings. The minimum Gasteiger partial charge on any atom is -0.378 e. The highest BCUT2D eigenvalue weighted by Gasteiger charge is 2.14. The Balaban J connectivity index is 1.56. The summed E-state index contributed by atoms with van der Waals surface area (Å²) in [5.41, 5.74) is 1.44. The molecule has 0 spiro atoms. The van der Waals surface area contributed by atoms with Crippen LogP contribution in [0, 0.1) is 0 Å². The number of hydrogen-bond donors (Lipinski definition) is 1. The molecule has 1 N–H and O–H groups in total. The first-order chi connectivity index (χ1) is 8.84. The number of benzene rings is 1. The van der Waals surface area contributed by atoms with Crippen molar-refractivity contribution in [2.75, 3.05) is 13.2 Å². The van der Waals surface area contributed by atoms with Crippen LogP contribution in [0.2, 0.25) is 0 Å². The number of rotatable bonds is 7. The van der Waals surface area contributed by atoms with E-state index in [1.807, 2.05) is 0 Å². The van der Waals surface area contributed by atoms with Gasteiger partial charge in [0.25, 0.3) is 0 Å². The van der Waals surface area contributed by atoms with Crippen LogP contribution < -0.4 is 5.32 Å². The monoisotopic (exact) mass is 247 g/mol. The van der Waals surface area contributed by atoms with E-state index < -0.39 is 0 Å². The molecule has 0 aliphatic carbocycles. The lowest BCUT2D eigenvalue weighted by molar-refractivity contribution is 0.103. The van der Waals surface area contributed by atoms with Crippen molar-refractivity contribution in [3.63, 3.8) is 0 Å². The Kier molecular flexibility index (Phi) is 5.69. The van der Waals surface area contributed by atoms with Crippen LogP contribution in [0.15, 0.2) is 30.3 Å². The first-order valence-electron chi connectivity index (χ1n) is 7.23. The highest BCUT2D eigenvalue weighted by Crippen LogP contribution is 2.14. The number of aryl methyl sites for hydroxylation is 1. The van der Waals surface area contributed by atoms with E-state index in [0.717, 1.165) is 26.0 Å². The minimum absolute atomic E-state index is 0.513. The molecule has 2 heteroatoms. The Bertz CT molecular complexity index is 319. The van der Waals surface area contributed by atoms with Crippen LogP contribution >= 0.6 is 0 Å². The minimum atomic E-state index is 0.513. The average Bonchev–Trinajstić information content (AvgIpc) is 2.91. The molecule has 1 saturated heterocycles. The van der Waals surface area contributed by atoms with Gasteiger partial charge in [-0.25, -0.2) is 0 Å². The van der Waals surface area contributed by atoms with Gasteiger partial charge in [0.2, 0.25) is 0 Å². The van der Waals surface area contributed by atoms with Crippen molar-refractivity contribution in [2.24, 2.45) is 0 Å². The average molecular weight is 247 g/mol. The molecular weight excluding hydrogens is 222 g/mol. The number of hydrogen-bond acceptors (Lipinski definition) is 2. The molecule has 0 unspecified atom stereocenters. The van der Waals surface area contributed by atoms with E-state index in [1.54, 1.807) is 0 Å². The molecule has 1 heterocycles. The van der Waals surface area contributed by atoms with Crippen LogP contribution in [0.1, 0.15) is 38.2 Å². The molecule has 2 nitrogen and oxygen atoms in total. The van der Waals surface area contributed by atoms with Crippen molar-refractivity contribution in [2.45, 2.75) is 51.2 Å². The van der Waals surface area contributed by atoms with E-state index in [4.69, 9.17) is 4.74 Å². The lowest BCUT2D eigenvalue weighted by Crippen LogP contribution is -2.29. The molecule has 18 heavy (non-hydrogen) atoms. The Labute approximate surface area is 111 Å². The van der Waals surface area contributed by atoms with Gasteiger partial charge in [-0.15, -0.1) is 0 Å². The third-order valence-electron chi connectivity index (χ3n) is 3.69. The van der Waals surface area contributed by atoms with Crippen LogP contribution in [0.25, 0.3) is 0 Å². The molecule has 0 saturated carbocycles. The zero-order valence-corrected chi connectivity index (χ0v) is 11.4. The summed E-state index contributed by atoms with van der Waals surface area (Å²) in [5.74, 6) is 0. The Morgan fingerprint density at radius 3 is 2.89 bits per heavy atom. The SMILES string of the molecule is C[C@@H](CCc1ccccc1)NCC[C@@H]1CCCO1. The second-order valence-corrected chi connectivity index (χ2v) is 5.30. The van der Waals surface area contributed by atoms with Gasteiger partial charge in [0.1, 0.15) is 0 Å². The standard InChI is InChI=1S/C16H25NO/c1-14(9-10-15-6-3-2-4-7-15)17-12-11-16-8-5-13-18-16/h2-4,6-7,14,16-17H,5,8-13H2,1H3/t14-,16-/m0/s1. The fourth-order valence-electron chi connectivity index (χ4n) is 2.49. The van der Waals surface area contributed by atoms with Crippen LogP contribution in [0.5, 0.6) is 0 Å². The van der Waals surface area contributed by atoms with Crippen LogP contribution in [0.3, 0.4) is 0 Å². The summed E-state index contributed by atoms with van der Waals surface area (Å²) in [5, 5.41) is 3.60. The van der Waals surface area contributed by atoms with Gasteiger partial charge < -0.3 is 10.1 Å². The maximum Gasteiger partial charge on any atom is 0.0588 e. The molecule has 1 aromatic carbocycles. The molecule has 0 aromatic heterocycles. The summed E-state index contributed by atoms with van der Waals surface area (Å²) in [7, 11) is 0. The number of ether oxygens (including phenoxy) is 1. The van der Waals surface area contributed by atoms with Gasteiger partial charge in [-0.05, 0) is 51.1 Å². The highest BCUT2D eigenvalue weighted by molar-refractivity contribution is 5.14. The normalized spacial score (nSPS) is 21.1. The van der Waals surface area contributed by atoms with Crippen molar-refractivity contribution in [1.29, 1.82) is 0 Å². The maximum atomic E-state index is 5.62. The molecule has 0 bridgehead atoms. The van der Waals surface area contributed by atoms with Crippen molar-refractivity contribution in [3.05, 3.63) is 35.9 Å². The Hall–Kier alpha value is -0.860. The molecule has 2 atom stereocenters. The molecule has 0 radical (unpaired) electrons. The zero-order chi connectivity index (χ0) is 12.6. The Morgan fingerprint density at radius 1 is 1.33 bits per heavy atom. The van der Waals surface area contributed by atoms with E-state index >= 15 is 0 Å². The second-order valence-electron chi connectivity index (χ2n) is 5.30. The summed E-state index contributed by atoms with van der Waals surface area (Å²) < 4.78 is 5.62. The Morgan fingerprint density at radius 2 is 2.17 bits per heavy atom. The molecular formula is C16H25NO. The fraction of sp³-hybridized carbons (Fsp3) is 0.625. The van der Waals surface area contributed by atoms with E-state index in [9.17, 15) is 0 Å². The summed E-state index contributed by atoms with van der Waals surface area (Å²) >= 11 is 0. The third kappa shape index (κ3) is 4.79. The van der Waals surface area contributed by atoms with E-state index in [0.29, 0.717) is 12.1 Å². The summed E-state index contributed by atoms with van der Waals surface area (Å²) in [6.07, 6.45) is 6.54. The van der Waals surface area contributed by atoms with Crippen molar-refractivity contribution >= 4 is 0 Å². The smallest absolute Gasteiger partial charge is 0.0588 e. The molecule has 2 rings (SSSR count). The third-order valence-corrected chi connectivity index (χ3v) is 3.69. The topological polar surface area (TPSA) is 21.3 Å². The first-order valence-corrected chi connectivity index (χ1v) is 7.23. The van der Waals surface area contributed by atoms with E-state index in [-0.39, 0.29) is 0 Å². The largest absolute Gasteiger partial charge is 0.378 e. The second kappa shape index (κ2) is 7.55. The molecule has 100 valence electrons. The lowest BCUT2D eigenvalue weighted by atomic mass is 10.1. The highest BCUT2D eigenvalue weighted by atomic mass is 16.5. The van der Waals surface area contributed by atoms with Gasteiger partial charge in [0.15, 0.2) is 0 Å². The van der Waals surface area contributed by atoms with Crippen molar-refractivity contribution in [3.8, 4) is 0 Å². The van der Waals surface area contributed by atoms with Crippen LogP contribution in [-0.2, 0) is 11.2 Å². The van der Waals surface area contributed by atoms with Gasteiger partial charge in [0.05, 0.1) is 6.10 Å². The summed E-state index contributed by atoms with van der Waals surface area (Å²) in [4.78, 5) is 0. The summed E-state index contributed by atoms with van der Waals surface area (Å²) in [6.45, 7) is 4.33. The molecule has 1 aliphatic heterocycles. The van der Waals surface area contributed by atoms with Gasteiger partial charge in [-0.1, -0.05) is 30.3 Å². The van der Waals surface area contributed by atoms with Crippen LogP contribution in [-0.4, -0.2) is 25.3 Å². The van der Waals surface area contributed by atoms with E-state index in [2.05, 4.69) is 42.6 Å². The van der Waals surface area contributed by atoms with Gasteiger partial charge >= 0.3 is 0 Å². The molecule has 0 amide bonds. The fourth-order valence-corrected chi connectivity index (χ4v) is 2.49. The number of nitrogens with one attached hydrogen (secondary N) is 1. The zero-order valence-electron chi connectivity index (χ0n) is 11.4. The predicted molar refractivity (Wildman–Crippen MR) is 75.8 cm³/mol. The molecule has 1 aromatic rings. The van der Waals surface area contributed by atoms with Gasteiger partial charge in [0, 0.05) is 12.6 Å². The van der Waals surface area contributed by atoms with Crippen LogP contribution in [0.4, 0.5) is 0 Å². The van der Waals surface area contributed by atoms with Gasteiger partial charge in [-0.3, -0.25) is 0 Å².